The molecule has 21 heavy (non-hydrogen) atoms. The van der Waals surface area contributed by atoms with Gasteiger partial charge in [0, 0.05) is 37.7 Å². The predicted molar refractivity (Wildman–Crippen MR) is 82.1 cm³/mol. The molecule has 0 bridgehead atoms. The molecule has 0 saturated carbocycles. The summed E-state index contributed by atoms with van der Waals surface area (Å²) in [7, 11) is 0. The fourth-order valence-corrected chi connectivity index (χ4v) is 2.01. The minimum atomic E-state index is 0.0424. The van der Waals surface area contributed by atoms with E-state index >= 15 is 0 Å². The smallest absolute Gasteiger partial charge is 0.221 e. The summed E-state index contributed by atoms with van der Waals surface area (Å²) in [5.74, 6) is 0.916. The lowest BCUT2D eigenvalue weighted by Gasteiger charge is -2.20. The Bertz CT molecular complexity index is 599. The molecule has 0 fully saturated rings. The Morgan fingerprint density at radius 1 is 1.24 bits per heavy atom. The zero-order valence-corrected chi connectivity index (χ0v) is 12.9. The number of nitrogens with zero attached hydrogens (tertiary/aromatic N) is 3. The zero-order chi connectivity index (χ0) is 15.3. The molecule has 2 rings (SSSR count). The van der Waals surface area contributed by atoms with Crippen molar-refractivity contribution in [2.75, 3.05) is 13.1 Å². The fraction of sp³-hybridized carbons (Fsp3) is 0.533. The molecule has 0 aliphatic rings. The van der Waals surface area contributed by atoms with Crippen molar-refractivity contribution in [3.05, 3.63) is 30.2 Å². The van der Waals surface area contributed by atoms with Crippen LogP contribution in [-0.2, 0) is 11.2 Å². The Morgan fingerprint density at radius 3 is 2.81 bits per heavy atom. The summed E-state index contributed by atoms with van der Waals surface area (Å²) >= 11 is 0. The van der Waals surface area contributed by atoms with Crippen molar-refractivity contribution in [3.8, 4) is 0 Å². The van der Waals surface area contributed by atoms with E-state index in [0.29, 0.717) is 25.9 Å². The van der Waals surface area contributed by atoms with Crippen LogP contribution in [0.5, 0.6) is 0 Å². The standard InChI is InChI=1S/C15H23N5O/c1-15(2,3)17-10-8-14(21)16-9-7-13-19-18-12-6-4-5-11-20(12)13/h4-6,11,17H,7-10H2,1-3H3,(H,16,21). The van der Waals surface area contributed by atoms with E-state index < -0.39 is 0 Å². The van der Waals surface area contributed by atoms with Crippen LogP contribution in [0.3, 0.4) is 0 Å². The second-order valence-corrected chi connectivity index (χ2v) is 6.07. The van der Waals surface area contributed by atoms with Gasteiger partial charge in [-0.05, 0) is 32.9 Å². The van der Waals surface area contributed by atoms with E-state index in [2.05, 4.69) is 41.6 Å². The van der Waals surface area contributed by atoms with Gasteiger partial charge in [-0.15, -0.1) is 10.2 Å². The maximum absolute atomic E-state index is 11.7. The first-order chi connectivity index (χ1) is 9.96. The average molecular weight is 289 g/mol. The molecule has 0 aliphatic carbocycles. The van der Waals surface area contributed by atoms with E-state index in [1.165, 1.54) is 0 Å². The number of fused-ring (bicyclic) bond motifs is 1. The highest BCUT2D eigenvalue weighted by atomic mass is 16.1. The molecule has 0 saturated heterocycles. The highest BCUT2D eigenvalue weighted by Gasteiger charge is 2.10. The van der Waals surface area contributed by atoms with Gasteiger partial charge in [0.05, 0.1) is 0 Å². The van der Waals surface area contributed by atoms with Gasteiger partial charge >= 0.3 is 0 Å². The Kier molecular flexibility index (Phi) is 4.90. The molecule has 1 amide bonds. The lowest BCUT2D eigenvalue weighted by molar-refractivity contribution is -0.121. The number of nitrogens with one attached hydrogen (secondary N) is 2. The van der Waals surface area contributed by atoms with E-state index in [1.54, 1.807) is 0 Å². The molecule has 6 nitrogen and oxygen atoms in total. The lowest BCUT2D eigenvalue weighted by atomic mass is 10.1. The second kappa shape index (κ2) is 6.67. The molecular weight excluding hydrogens is 266 g/mol. The Hall–Kier alpha value is -1.95. The molecule has 2 heterocycles. The predicted octanol–water partition coefficient (Wildman–Crippen LogP) is 1.17. The van der Waals surface area contributed by atoms with E-state index in [0.717, 1.165) is 11.5 Å². The molecule has 0 atom stereocenters. The number of hydrogen-bond donors (Lipinski definition) is 2. The number of aromatic nitrogens is 3. The molecular formula is C15H23N5O. The van der Waals surface area contributed by atoms with Gasteiger partial charge in [-0.25, -0.2) is 0 Å². The highest BCUT2D eigenvalue weighted by molar-refractivity contribution is 5.76. The van der Waals surface area contributed by atoms with Crippen LogP contribution in [0.4, 0.5) is 0 Å². The number of hydrogen-bond acceptors (Lipinski definition) is 4. The van der Waals surface area contributed by atoms with Crippen LogP contribution >= 0.6 is 0 Å². The van der Waals surface area contributed by atoms with Gasteiger partial charge in [0.15, 0.2) is 5.65 Å². The third-order valence-electron chi connectivity index (χ3n) is 3.06. The van der Waals surface area contributed by atoms with Crippen molar-refractivity contribution in [1.29, 1.82) is 0 Å². The monoisotopic (exact) mass is 289 g/mol. The first kappa shape index (κ1) is 15.4. The molecule has 0 aromatic carbocycles. The topological polar surface area (TPSA) is 71.3 Å². The summed E-state index contributed by atoms with van der Waals surface area (Å²) in [4.78, 5) is 11.7. The Morgan fingerprint density at radius 2 is 2.05 bits per heavy atom. The van der Waals surface area contributed by atoms with Crippen molar-refractivity contribution >= 4 is 11.6 Å². The third-order valence-corrected chi connectivity index (χ3v) is 3.06. The molecule has 114 valence electrons. The molecule has 0 radical (unpaired) electrons. The van der Waals surface area contributed by atoms with Crippen molar-refractivity contribution < 1.29 is 4.79 Å². The first-order valence-electron chi connectivity index (χ1n) is 7.26. The number of carbonyl (C=O) groups is 1. The van der Waals surface area contributed by atoms with Crippen LogP contribution in [0.15, 0.2) is 24.4 Å². The molecule has 2 aromatic heterocycles. The fourth-order valence-electron chi connectivity index (χ4n) is 2.01. The van der Waals surface area contributed by atoms with Gasteiger partial charge in [0.1, 0.15) is 5.82 Å². The van der Waals surface area contributed by atoms with Crippen LogP contribution in [0.2, 0.25) is 0 Å². The van der Waals surface area contributed by atoms with Crippen LogP contribution in [-0.4, -0.2) is 39.1 Å². The third kappa shape index (κ3) is 4.82. The van der Waals surface area contributed by atoms with Crippen LogP contribution in [0.25, 0.3) is 5.65 Å². The first-order valence-corrected chi connectivity index (χ1v) is 7.26. The van der Waals surface area contributed by atoms with E-state index in [1.807, 2.05) is 28.8 Å². The van der Waals surface area contributed by atoms with E-state index in [9.17, 15) is 4.79 Å². The van der Waals surface area contributed by atoms with Gasteiger partial charge in [0.2, 0.25) is 5.91 Å². The Labute approximate surface area is 125 Å². The summed E-state index contributed by atoms with van der Waals surface area (Å²) in [6.45, 7) is 7.51. The summed E-state index contributed by atoms with van der Waals surface area (Å²) < 4.78 is 1.94. The molecule has 0 aliphatic heterocycles. The highest BCUT2D eigenvalue weighted by Crippen LogP contribution is 2.03. The Balaban J connectivity index is 1.73. The molecule has 2 aromatic rings. The number of amides is 1. The normalized spacial score (nSPS) is 11.8. The SMILES string of the molecule is CC(C)(C)NCCC(=O)NCCc1nnc2ccccn12. The van der Waals surface area contributed by atoms with Crippen LogP contribution < -0.4 is 10.6 Å². The van der Waals surface area contributed by atoms with Crippen molar-refractivity contribution in [1.82, 2.24) is 25.2 Å². The van der Waals surface area contributed by atoms with Gasteiger partial charge < -0.3 is 10.6 Å². The maximum Gasteiger partial charge on any atom is 0.221 e. The quantitative estimate of drug-likeness (QED) is 0.837. The minimum Gasteiger partial charge on any atom is -0.356 e. The van der Waals surface area contributed by atoms with Crippen molar-refractivity contribution in [2.45, 2.75) is 39.2 Å². The van der Waals surface area contributed by atoms with Crippen molar-refractivity contribution in [2.24, 2.45) is 0 Å². The van der Waals surface area contributed by atoms with Crippen LogP contribution in [0.1, 0.15) is 33.0 Å². The number of carbonyl (C=O) groups excluding carboxylic acids is 1. The lowest BCUT2D eigenvalue weighted by Crippen LogP contribution is -2.38. The minimum absolute atomic E-state index is 0.0424. The summed E-state index contributed by atoms with van der Waals surface area (Å²) in [5, 5.41) is 14.4. The van der Waals surface area contributed by atoms with E-state index in [-0.39, 0.29) is 11.4 Å². The summed E-state index contributed by atoms with van der Waals surface area (Å²) in [6, 6.07) is 5.78. The second-order valence-electron chi connectivity index (χ2n) is 6.07. The molecule has 2 N–H and O–H groups in total. The van der Waals surface area contributed by atoms with Gasteiger partial charge in [-0.2, -0.15) is 0 Å². The largest absolute Gasteiger partial charge is 0.356 e. The number of rotatable bonds is 6. The maximum atomic E-state index is 11.7. The summed E-state index contributed by atoms with van der Waals surface area (Å²) in [6.07, 6.45) is 3.08. The van der Waals surface area contributed by atoms with Gasteiger partial charge in [-0.3, -0.25) is 9.20 Å². The van der Waals surface area contributed by atoms with Crippen molar-refractivity contribution in [3.63, 3.8) is 0 Å². The number of pyridine rings is 1. The average Bonchev–Trinajstić information content (AvgIpc) is 2.81. The zero-order valence-electron chi connectivity index (χ0n) is 12.9. The van der Waals surface area contributed by atoms with Gasteiger partial charge in [0.25, 0.3) is 0 Å². The molecule has 0 unspecified atom stereocenters. The molecule has 6 heteroatoms. The van der Waals surface area contributed by atoms with Gasteiger partial charge in [-0.1, -0.05) is 6.07 Å². The summed E-state index contributed by atoms with van der Waals surface area (Å²) in [5.41, 5.74) is 0.869. The van der Waals surface area contributed by atoms with Crippen LogP contribution in [0, 0.1) is 0 Å². The molecule has 0 spiro atoms. The van der Waals surface area contributed by atoms with E-state index in [4.69, 9.17) is 0 Å².